The largest absolute Gasteiger partial charge is 0.379 e. The van der Waals surface area contributed by atoms with Crippen LogP contribution in [-0.2, 0) is 6.54 Å². The normalized spacial score (nSPS) is 10.3. The first-order valence-electron chi connectivity index (χ1n) is 5.24. The quantitative estimate of drug-likeness (QED) is 0.644. The number of H-pyrrole nitrogens is 1. The van der Waals surface area contributed by atoms with Crippen molar-refractivity contribution in [2.45, 2.75) is 13.5 Å². The SMILES string of the molecule is Cc1ncc(CNc2ccc(F)c([N+](=O)[O-])c2)[nH]1. The fourth-order valence-electron chi connectivity index (χ4n) is 1.52. The lowest BCUT2D eigenvalue weighted by molar-refractivity contribution is -0.387. The lowest BCUT2D eigenvalue weighted by Crippen LogP contribution is -2.01. The summed E-state index contributed by atoms with van der Waals surface area (Å²) >= 11 is 0. The number of nitro groups is 1. The van der Waals surface area contributed by atoms with Crippen LogP contribution in [0.5, 0.6) is 0 Å². The Balaban J connectivity index is 2.10. The fraction of sp³-hybridized carbons (Fsp3) is 0.182. The molecule has 0 radical (unpaired) electrons. The molecule has 7 heteroatoms. The number of nitro benzene ring substituents is 1. The molecule has 0 aliphatic rings. The fourth-order valence-corrected chi connectivity index (χ4v) is 1.52. The van der Waals surface area contributed by atoms with E-state index in [0.29, 0.717) is 12.2 Å². The summed E-state index contributed by atoms with van der Waals surface area (Å²) in [4.78, 5) is 16.9. The van der Waals surface area contributed by atoms with Crippen molar-refractivity contribution in [1.82, 2.24) is 9.97 Å². The second-order valence-corrected chi connectivity index (χ2v) is 3.77. The standard InChI is InChI=1S/C11H11FN4O2/c1-7-13-5-9(15-7)6-14-8-2-3-10(12)11(4-8)16(17)18/h2-5,14H,6H2,1H3,(H,13,15). The summed E-state index contributed by atoms with van der Waals surface area (Å²) in [6.45, 7) is 2.26. The van der Waals surface area contributed by atoms with E-state index in [1.807, 2.05) is 6.92 Å². The third-order valence-corrected chi connectivity index (χ3v) is 2.38. The monoisotopic (exact) mass is 250 g/mol. The lowest BCUT2D eigenvalue weighted by atomic mass is 10.2. The highest BCUT2D eigenvalue weighted by Crippen LogP contribution is 2.21. The van der Waals surface area contributed by atoms with Crippen LogP contribution < -0.4 is 5.32 Å². The molecule has 0 amide bonds. The van der Waals surface area contributed by atoms with E-state index in [2.05, 4.69) is 15.3 Å². The highest BCUT2D eigenvalue weighted by Gasteiger charge is 2.14. The number of aryl methyl sites for hydroxylation is 1. The molecule has 0 bridgehead atoms. The minimum Gasteiger partial charge on any atom is -0.379 e. The molecule has 0 aliphatic carbocycles. The highest BCUT2D eigenvalue weighted by molar-refractivity contribution is 5.51. The molecule has 0 saturated carbocycles. The number of rotatable bonds is 4. The first-order valence-corrected chi connectivity index (χ1v) is 5.24. The number of imidazole rings is 1. The Morgan fingerprint density at radius 3 is 2.94 bits per heavy atom. The van der Waals surface area contributed by atoms with Gasteiger partial charge in [-0.15, -0.1) is 0 Å². The van der Waals surface area contributed by atoms with Gasteiger partial charge in [-0.3, -0.25) is 10.1 Å². The first-order chi connectivity index (χ1) is 8.56. The summed E-state index contributed by atoms with van der Waals surface area (Å²) in [5.41, 5.74) is 0.788. The van der Waals surface area contributed by atoms with Gasteiger partial charge in [0.25, 0.3) is 0 Å². The van der Waals surface area contributed by atoms with Crippen LogP contribution in [0.15, 0.2) is 24.4 Å². The van der Waals surface area contributed by atoms with Crippen LogP contribution >= 0.6 is 0 Å². The lowest BCUT2D eigenvalue weighted by Gasteiger charge is -2.04. The van der Waals surface area contributed by atoms with Gasteiger partial charge in [-0.2, -0.15) is 4.39 Å². The van der Waals surface area contributed by atoms with E-state index in [1.54, 1.807) is 6.20 Å². The molecule has 2 rings (SSSR count). The molecule has 0 spiro atoms. The van der Waals surface area contributed by atoms with Crippen molar-refractivity contribution in [3.8, 4) is 0 Å². The average molecular weight is 250 g/mol. The zero-order valence-corrected chi connectivity index (χ0v) is 9.61. The van der Waals surface area contributed by atoms with Gasteiger partial charge in [-0.25, -0.2) is 4.98 Å². The Hall–Kier alpha value is -2.44. The van der Waals surface area contributed by atoms with E-state index >= 15 is 0 Å². The molecule has 94 valence electrons. The van der Waals surface area contributed by atoms with Crippen LogP contribution in [-0.4, -0.2) is 14.9 Å². The molecule has 1 aromatic heterocycles. The number of nitrogens with zero attached hydrogens (tertiary/aromatic N) is 2. The van der Waals surface area contributed by atoms with E-state index in [-0.39, 0.29) is 0 Å². The summed E-state index contributed by atoms with van der Waals surface area (Å²) in [5, 5.41) is 13.5. The second kappa shape index (κ2) is 4.82. The van der Waals surface area contributed by atoms with Crippen LogP contribution in [0.4, 0.5) is 15.8 Å². The molecule has 6 nitrogen and oxygen atoms in total. The van der Waals surface area contributed by atoms with Crippen molar-refractivity contribution in [3.63, 3.8) is 0 Å². The zero-order valence-electron chi connectivity index (χ0n) is 9.61. The molecule has 18 heavy (non-hydrogen) atoms. The van der Waals surface area contributed by atoms with Gasteiger partial charge < -0.3 is 10.3 Å². The van der Waals surface area contributed by atoms with Gasteiger partial charge >= 0.3 is 5.69 Å². The van der Waals surface area contributed by atoms with Crippen molar-refractivity contribution in [2.75, 3.05) is 5.32 Å². The van der Waals surface area contributed by atoms with Crippen molar-refractivity contribution in [2.24, 2.45) is 0 Å². The van der Waals surface area contributed by atoms with Gasteiger partial charge in [-0.05, 0) is 19.1 Å². The Labute approximate surface area is 102 Å². The predicted molar refractivity (Wildman–Crippen MR) is 63.7 cm³/mol. The van der Waals surface area contributed by atoms with E-state index in [0.717, 1.165) is 17.6 Å². The highest BCUT2D eigenvalue weighted by atomic mass is 19.1. The number of aromatic nitrogens is 2. The number of halogens is 1. The topological polar surface area (TPSA) is 83.8 Å². The number of aromatic amines is 1. The molecule has 0 saturated heterocycles. The molecule has 0 unspecified atom stereocenters. The second-order valence-electron chi connectivity index (χ2n) is 3.77. The maximum absolute atomic E-state index is 13.1. The van der Waals surface area contributed by atoms with Crippen LogP contribution in [0.3, 0.4) is 0 Å². The van der Waals surface area contributed by atoms with Crippen molar-refractivity contribution < 1.29 is 9.31 Å². The molecule has 1 aromatic carbocycles. The van der Waals surface area contributed by atoms with E-state index < -0.39 is 16.4 Å². The van der Waals surface area contributed by atoms with Crippen LogP contribution in [0, 0.1) is 22.9 Å². The predicted octanol–water partition coefficient (Wildman–Crippen LogP) is 2.38. The summed E-state index contributed by atoms with van der Waals surface area (Å²) in [6, 6.07) is 3.68. The van der Waals surface area contributed by atoms with E-state index in [9.17, 15) is 14.5 Å². The maximum atomic E-state index is 13.1. The van der Waals surface area contributed by atoms with Crippen molar-refractivity contribution in [3.05, 3.63) is 51.8 Å². The van der Waals surface area contributed by atoms with Crippen molar-refractivity contribution >= 4 is 11.4 Å². The summed E-state index contributed by atoms with van der Waals surface area (Å²) < 4.78 is 13.1. The van der Waals surface area contributed by atoms with Crippen LogP contribution in [0.2, 0.25) is 0 Å². The third-order valence-electron chi connectivity index (χ3n) is 2.38. The Bertz CT molecular complexity index is 582. The van der Waals surface area contributed by atoms with Crippen LogP contribution in [0.1, 0.15) is 11.5 Å². The summed E-state index contributed by atoms with van der Waals surface area (Å²) in [5.74, 6) is -0.0557. The van der Waals surface area contributed by atoms with E-state index in [1.165, 1.54) is 12.1 Å². The minimum atomic E-state index is -0.845. The molecule has 2 N–H and O–H groups in total. The molecule has 0 aliphatic heterocycles. The first kappa shape index (κ1) is 12.0. The van der Waals surface area contributed by atoms with Gasteiger partial charge in [0.1, 0.15) is 5.82 Å². The Kier molecular flexibility index (Phi) is 3.22. The maximum Gasteiger partial charge on any atom is 0.306 e. The summed E-state index contributed by atoms with van der Waals surface area (Å²) in [6.07, 6.45) is 1.67. The Morgan fingerprint density at radius 2 is 2.33 bits per heavy atom. The summed E-state index contributed by atoms with van der Waals surface area (Å²) in [7, 11) is 0. The number of benzene rings is 1. The number of hydrogen-bond acceptors (Lipinski definition) is 4. The molecule has 1 heterocycles. The molecule has 0 fully saturated rings. The van der Waals surface area contributed by atoms with Gasteiger partial charge in [0.05, 0.1) is 23.4 Å². The van der Waals surface area contributed by atoms with Gasteiger partial charge in [0, 0.05) is 11.8 Å². The number of nitrogens with one attached hydrogen (secondary N) is 2. The Morgan fingerprint density at radius 1 is 1.56 bits per heavy atom. The smallest absolute Gasteiger partial charge is 0.306 e. The number of anilines is 1. The average Bonchev–Trinajstić information content (AvgIpc) is 2.74. The molecule has 0 atom stereocenters. The zero-order chi connectivity index (χ0) is 13.1. The third kappa shape index (κ3) is 2.62. The van der Waals surface area contributed by atoms with Crippen molar-refractivity contribution in [1.29, 1.82) is 0 Å². The van der Waals surface area contributed by atoms with Gasteiger partial charge in [0.15, 0.2) is 0 Å². The minimum absolute atomic E-state index is 0.434. The van der Waals surface area contributed by atoms with Crippen LogP contribution in [0.25, 0.3) is 0 Å². The van der Waals surface area contributed by atoms with E-state index in [4.69, 9.17) is 0 Å². The molecule has 2 aromatic rings. The van der Waals surface area contributed by atoms with Gasteiger partial charge in [0.2, 0.25) is 5.82 Å². The molecular formula is C11H11FN4O2. The number of hydrogen-bond donors (Lipinski definition) is 2. The van der Waals surface area contributed by atoms with Gasteiger partial charge in [-0.1, -0.05) is 0 Å². The molecular weight excluding hydrogens is 239 g/mol.